The number of carbonyl (C=O) groups is 1. The van der Waals surface area contributed by atoms with Gasteiger partial charge in [0, 0.05) is 19.6 Å². The largest absolute Gasteiger partial charge is 0.337 e. The first kappa shape index (κ1) is 10.4. The zero-order valence-corrected chi connectivity index (χ0v) is 9.34. The van der Waals surface area contributed by atoms with Crippen molar-refractivity contribution in [2.75, 3.05) is 24.5 Å². The number of halogens is 1. The number of anilines is 1. The second kappa shape index (κ2) is 3.65. The van der Waals surface area contributed by atoms with Gasteiger partial charge < -0.3 is 9.80 Å². The molecule has 1 aromatic rings. The Balaban J connectivity index is 1.78. The third-order valence-corrected chi connectivity index (χ3v) is 3.55. The molecule has 1 saturated carbocycles. The molecule has 0 atom stereocenters. The zero-order valence-electron chi connectivity index (χ0n) is 9.34. The molecule has 90 valence electrons. The second-order valence-electron chi connectivity index (χ2n) is 4.65. The summed E-state index contributed by atoms with van der Waals surface area (Å²) in [5.41, 5.74) is -0.0161. The standard InChI is InChI=1S/C11H13FN4O/c12-9-5-13-10(14-6-9)15-3-4-16(8-17)11(7-15)1-2-11/h5-6,8H,1-4,7H2. The van der Waals surface area contributed by atoms with E-state index in [1.807, 2.05) is 9.80 Å². The number of rotatable bonds is 2. The molecule has 1 amide bonds. The molecule has 3 rings (SSSR count). The van der Waals surface area contributed by atoms with Crippen molar-refractivity contribution in [1.82, 2.24) is 14.9 Å². The molecular weight excluding hydrogens is 223 g/mol. The molecule has 1 saturated heterocycles. The van der Waals surface area contributed by atoms with Crippen LogP contribution in [0.15, 0.2) is 12.4 Å². The van der Waals surface area contributed by atoms with Crippen molar-refractivity contribution in [1.29, 1.82) is 0 Å². The van der Waals surface area contributed by atoms with Crippen LogP contribution in [-0.4, -0.2) is 46.5 Å². The predicted molar refractivity (Wildman–Crippen MR) is 58.9 cm³/mol. The van der Waals surface area contributed by atoms with E-state index in [0.717, 1.165) is 25.8 Å². The van der Waals surface area contributed by atoms with Crippen LogP contribution in [0.3, 0.4) is 0 Å². The minimum absolute atomic E-state index is 0.0161. The molecule has 1 aliphatic heterocycles. The molecule has 1 aromatic heterocycles. The van der Waals surface area contributed by atoms with Gasteiger partial charge in [0.15, 0.2) is 5.82 Å². The van der Waals surface area contributed by atoms with E-state index in [-0.39, 0.29) is 5.54 Å². The summed E-state index contributed by atoms with van der Waals surface area (Å²) < 4.78 is 12.7. The maximum atomic E-state index is 12.7. The van der Waals surface area contributed by atoms with Crippen LogP contribution >= 0.6 is 0 Å². The van der Waals surface area contributed by atoms with Gasteiger partial charge >= 0.3 is 0 Å². The van der Waals surface area contributed by atoms with Gasteiger partial charge in [-0.25, -0.2) is 14.4 Å². The number of nitrogens with zero attached hydrogens (tertiary/aromatic N) is 4. The summed E-state index contributed by atoms with van der Waals surface area (Å²) in [5, 5.41) is 0. The summed E-state index contributed by atoms with van der Waals surface area (Å²) in [7, 11) is 0. The quantitative estimate of drug-likeness (QED) is 0.699. The Labute approximate surface area is 98.3 Å². The van der Waals surface area contributed by atoms with Crippen LogP contribution < -0.4 is 4.90 Å². The fraction of sp³-hybridized carbons (Fsp3) is 0.545. The lowest BCUT2D eigenvalue weighted by molar-refractivity contribution is -0.121. The first-order valence-corrected chi connectivity index (χ1v) is 5.68. The van der Waals surface area contributed by atoms with Crippen molar-refractivity contribution in [3.8, 4) is 0 Å². The lowest BCUT2D eigenvalue weighted by Gasteiger charge is -2.40. The highest BCUT2D eigenvalue weighted by Gasteiger charge is 2.51. The molecule has 2 fully saturated rings. The van der Waals surface area contributed by atoms with Crippen LogP contribution in [0.2, 0.25) is 0 Å². The van der Waals surface area contributed by atoms with Gasteiger partial charge in [-0.05, 0) is 12.8 Å². The van der Waals surface area contributed by atoms with Crippen molar-refractivity contribution >= 4 is 12.4 Å². The van der Waals surface area contributed by atoms with Crippen molar-refractivity contribution in [2.24, 2.45) is 0 Å². The molecule has 1 spiro atoms. The van der Waals surface area contributed by atoms with Gasteiger partial charge in [0.2, 0.25) is 12.4 Å². The van der Waals surface area contributed by atoms with E-state index in [9.17, 15) is 9.18 Å². The van der Waals surface area contributed by atoms with E-state index in [0.29, 0.717) is 19.0 Å². The van der Waals surface area contributed by atoms with Crippen molar-refractivity contribution in [3.05, 3.63) is 18.2 Å². The monoisotopic (exact) mass is 236 g/mol. The Morgan fingerprint density at radius 1 is 1.29 bits per heavy atom. The van der Waals surface area contributed by atoms with Crippen LogP contribution in [0.25, 0.3) is 0 Å². The first-order chi connectivity index (χ1) is 8.23. The van der Waals surface area contributed by atoms with Crippen LogP contribution in [0.5, 0.6) is 0 Å². The van der Waals surface area contributed by atoms with Crippen LogP contribution in [0.4, 0.5) is 10.3 Å². The van der Waals surface area contributed by atoms with Gasteiger partial charge in [-0.15, -0.1) is 0 Å². The molecule has 2 heterocycles. The molecule has 0 aromatic carbocycles. The summed E-state index contributed by atoms with van der Waals surface area (Å²) in [6.45, 7) is 2.13. The third kappa shape index (κ3) is 1.73. The molecule has 2 aliphatic rings. The Hall–Kier alpha value is -1.72. The molecule has 1 aliphatic carbocycles. The van der Waals surface area contributed by atoms with Crippen LogP contribution in [0.1, 0.15) is 12.8 Å². The molecule has 5 nitrogen and oxygen atoms in total. The highest BCUT2D eigenvalue weighted by molar-refractivity contribution is 5.52. The SMILES string of the molecule is O=CN1CCN(c2ncc(F)cn2)CC12CC2. The molecule has 17 heavy (non-hydrogen) atoms. The van der Waals surface area contributed by atoms with E-state index in [2.05, 4.69) is 9.97 Å². The first-order valence-electron chi connectivity index (χ1n) is 5.68. The molecule has 6 heteroatoms. The maximum absolute atomic E-state index is 12.7. The molecule has 0 N–H and O–H groups in total. The van der Waals surface area contributed by atoms with Crippen molar-refractivity contribution in [2.45, 2.75) is 18.4 Å². The van der Waals surface area contributed by atoms with Gasteiger partial charge in [0.25, 0.3) is 0 Å². The van der Waals surface area contributed by atoms with Crippen LogP contribution in [-0.2, 0) is 4.79 Å². The summed E-state index contributed by atoms with van der Waals surface area (Å²) >= 11 is 0. The third-order valence-electron chi connectivity index (χ3n) is 3.55. The van der Waals surface area contributed by atoms with Gasteiger partial charge in [-0.1, -0.05) is 0 Å². The van der Waals surface area contributed by atoms with E-state index in [1.165, 1.54) is 12.4 Å². The number of hydrogen-bond donors (Lipinski definition) is 0. The van der Waals surface area contributed by atoms with E-state index < -0.39 is 5.82 Å². The molecular formula is C11H13FN4O. The highest BCUT2D eigenvalue weighted by Crippen LogP contribution is 2.43. The van der Waals surface area contributed by atoms with Gasteiger partial charge in [0.05, 0.1) is 17.9 Å². The summed E-state index contributed by atoms with van der Waals surface area (Å²) in [6, 6.07) is 0. The van der Waals surface area contributed by atoms with Crippen molar-refractivity contribution < 1.29 is 9.18 Å². The number of carbonyl (C=O) groups excluding carboxylic acids is 1. The summed E-state index contributed by atoms with van der Waals surface area (Å²) in [4.78, 5) is 22.8. The van der Waals surface area contributed by atoms with E-state index in [1.54, 1.807) is 0 Å². The fourth-order valence-electron chi connectivity index (χ4n) is 2.38. The summed E-state index contributed by atoms with van der Waals surface area (Å²) in [6.07, 6.45) is 5.34. The van der Waals surface area contributed by atoms with Gasteiger partial charge in [-0.2, -0.15) is 0 Å². The number of hydrogen-bond acceptors (Lipinski definition) is 4. The topological polar surface area (TPSA) is 49.3 Å². The zero-order chi connectivity index (χ0) is 11.9. The maximum Gasteiger partial charge on any atom is 0.225 e. The van der Waals surface area contributed by atoms with Crippen LogP contribution in [0, 0.1) is 5.82 Å². The Bertz CT molecular complexity index is 432. The average Bonchev–Trinajstić information content (AvgIpc) is 3.10. The Morgan fingerprint density at radius 3 is 2.59 bits per heavy atom. The minimum atomic E-state index is -0.429. The van der Waals surface area contributed by atoms with Gasteiger partial charge in [-0.3, -0.25) is 4.79 Å². The normalized spacial score (nSPS) is 21.7. The number of aromatic nitrogens is 2. The molecule has 0 radical (unpaired) electrons. The minimum Gasteiger partial charge on any atom is -0.337 e. The molecule has 0 bridgehead atoms. The Kier molecular flexibility index (Phi) is 2.24. The number of amides is 1. The van der Waals surface area contributed by atoms with E-state index >= 15 is 0 Å². The highest BCUT2D eigenvalue weighted by atomic mass is 19.1. The molecule has 0 unspecified atom stereocenters. The predicted octanol–water partition coefficient (Wildman–Crippen LogP) is 0.427. The van der Waals surface area contributed by atoms with Crippen molar-refractivity contribution in [3.63, 3.8) is 0 Å². The lowest BCUT2D eigenvalue weighted by Crippen LogP contribution is -2.54. The van der Waals surface area contributed by atoms with Gasteiger partial charge in [0.1, 0.15) is 0 Å². The second-order valence-corrected chi connectivity index (χ2v) is 4.65. The fourth-order valence-corrected chi connectivity index (χ4v) is 2.38. The number of piperazine rings is 1. The average molecular weight is 236 g/mol. The summed E-state index contributed by atoms with van der Waals surface area (Å²) in [5.74, 6) is 0.115. The lowest BCUT2D eigenvalue weighted by atomic mass is 10.1. The Morgan fingerprint density at radius 2 is 2.00 bits per heavy atom. The smallest absolute Gasteiger partial charge is 0.225 e. The van der Waals surface area contributed by atoms with E-state index in [4.69, 9.17) is 0 Å².